The molecule has 1 aromatic carbocycles. The van der Waals surface area contributed by atoms with Crippen molar-refractivity contribution in [2.45, 2.75) is 13.5 Å². The molecule has 8 nitrogen and oxygen atoms in total. The second-order valence-electron chi connectivity index (χ2n) is 5.45. The van der Waals surface area contributed by atoms with Gasteiger partial charge in [-0.05, 0) is 42.5 Å². The zero-order chi connectivity index (χ0) is 18.4. The minimum Gasteiger partial charge on any atom is -0.467 e. The number of nitrogens with one attached hydrogen (secondary N) is 3. The van der Waals surface area contributed by atoms with Gasteiger partial charge in [-0.1, -0.05) is 6.07 Å². The van der Waals surface area contributed by atoms with Crippen LogP contribution in [0.2, 0.25) is 0 Å². The molecule has 0 saturated carbocycles. The summed E-state index contributed by atoms with van der Waals surface area (Å²) in [5, 5.41) is 16.3. The molecule has 0 radical (unpaired) electrons. The molecule has 0 saturated heterocycles. The quantitative estimate of drug-likeness (QED) is 0.630. The van der Waals surface area contributed by atoms with Crippen molar-refractivity contribution in [2.24, 2.45) is 0 Å². The SMILES string of the molecule is CC(=O)Nc1cccc(NC(=O)c2ccc(NCc3ccco3)nn2)c1. The number of hydrogen-bond acceptors (Lipinski definition) is 6. The van der Waals surface area contributed by atoms with Gasteiger partial charge in [0.05, 0.1) is 12.8 Å². The van der Waals surface area contributed by atoms with Crippen LogP contribution in [-0.2, 0) is 11.3 Å². The summed E-state index contributed by atoms with van der Waals surface area (Å²) >= 11 is 0. The highest BCUT2D eigenvalue weighted by Crippen LogP contribution is 2.16. The Morgan fingerprint density at radius 2 is 1.81 bits per heavy atom. The highest BCUT2D eigenvalue weighted by molar-refractivity contribution is 6.03. The first kappa shape index (κ1) is 17.2. The molecule has 3 N–H and O–H groups in total. The highest BCUT2D eigenvalue weighted by atomic mass is 16.3. The molecule has 0 bridgehead atoms. The van der Waals surface area contributed by atoms with Crippen molar-refractivity contribution in [1.82, 2.24) is 10.2 Å². The van der Waals surface area contributed by atoms with Crippen molar-refractivity contribution in [1.29, 1.82) is 0 Å². The first-order chi connectivity index (χ1) is 12.6. The lowest BCUT2D eigenvalue weighted by Crippen LogP contribution is -2.15. The Kier molecular flexibility index (Phi) is 5.23. The standard InChI is InChI=1S/C18H17N5O3/c1-12(24)20-13-4-2-5-14(10-13)21-18(25)16-7-8-17(23-22-16)19-11-15-6-3-9-26-15/h2-10H,11H2,1H3,(H,19,23)(H,20,24)(H,21,25). The smallest absolute Gasteiger partial charge is 0.276 e. The fraction of sp³-hybridized carbons (Fsp3) is 0.111. The van der Waals surface area contributed by atoms with Crippen molar-refractivity contribution in [3.05, 3.63) is 66.2 Å². The van der Waals surface area contributed by atoms with Crippen LogP contribution < -0.4 is 16.0 Å². The van der Waals surface area contributed by atoms with Gasteiger partial charge in [-0.3, -0.25) is 9.59 Å². The molecule has 0 aliphatic carbocycles. The Labute approximate surface area is 149 Å². The normalized spacial score (nSPS) is 10.2. The summed E-state index contributed by atoms with van der Waals surface area (Å²) in [7, 11) is 0. The third-order valence-corrected chi connectivity index (χ3v) is 3.36. The van der Waals surface area contributed by atoms with E-state index in [0.29, 0.717) is 23.7 Å². The molecule has 3 rings (SSSR count). The summed E-state index contributed by atoms with van der Waals surface area (Å²) in [6, 6.07) is 13.7. The van der Waals surface area contributed by atoms with Crippen LogP contribution in [0.1, 0.15) is 23.2 Å². The van der Waals surface area contributed by atoms with Crippen molar-refractivity contribution in [2.75, 3.05) is 16.0 Å². The molecule has 0 atom stereocenters. The number of anilines is 3. The van der Waals surface area contributed by atoms with Gasteiger partial charge in [0.25, 0.3) is 5.91 Å². The summed E-state index contributed by atoms with van der Waals surface area (Å²) in [5.41, 5.74) is 1.32. The van der Waals surface area contributed by atoms with Crippen LogP contribution >= 0.6 is 0 Å². The number of benzene rings is 1. The van der Waals surface area contributed by atoms with Crippen molar-refractivity contribution >= 4 is 29.0 Å². The molecule has 8 heteroatoms. The lowest BCUT2D eigenvalue weighted by molar-refractivity contribution is -0.114. The first-order valence-corrected chi connectivity index (χ1v) is 7.89. The number of amides is 2. The summed E-state index contributed by atoms with van der Waals surface area (Å²) < 4.78 is 5.22. The molecular formula is C18H17N5O3. The maximum Gasteiger partial charge on any atom is 0.276 e. The molecule has 0 aliphatic heterocycles. The van der Waals surface area contributed by atoms with Crippen LogP contribution in [0.4, 0.5) is 17.2 Å². The van der Waals surface area contributed by atoms with Gasteiger partial charge in [0, 0.05) is 18.3 Å². The third-order valence-electron chi connectivity index (χ3n) is 3.36. The van der Waals surface area contributed by atoms with Gasteiger partial charge in [-0.2, -0.15) is 0 Å². The Balaban J connectivity index is 1.60. The minimum absolute atomic E-state index is 0.179. The number of carbonyl (C=O) groups is 2. The summed E-state index contributed by atoms with van der Waals surface area (Å²) in [6.07, 6.45) is 1.59. The largest absolute Gasteiger partial charge is 0.467 e. The fourth-order valence-electron chi connectivity index (χ4n) is 2.21. The average Bonchev–Trinajstić information content (AvgIpc) is 3.14. The molecule has 3 aromatic rings. The van der Waals surface area contributed by atoms with Crippen molar-refractivity contribution < 1.29 is 14.0 Å². The lowest BCUT2D eigenvalue weighted by Gasteiger charge is -2.08. The molecular weight excluding hydrogens is 334 g/mol. The van der Waals surface area contributed by atoms with Crippen LogP contribution in [0.3, 0.4) is 0 Å². The molecule has 132 valence electrons. The number of carbonyl (C=O) groups excluding carboxylic acids is 2. The molecule has 2 heterocycles. The molecule has 0 unspecified atom stereocenters. The maximum absolute atomic E-state index is 12.3. The molecule has 0 fully saturated rings. The topological polar surface area (TPSA) is 109 Å². The zero-order valence-corrected chi connectivity index (χ0v) is 14.0. The van der Waals surface area contributed by atoms with Crippen LogP contribution in [0.25, 0.3) is 0 Å². The fourth-order valence-corrected chi connectivity index (χ4v) is 2.21. The van der Waals surface area contributed by atoms with Gasteiger partial charge in [0.1, 0.15) is 11.6 Å². The van der Waals surface area contributed by atoms with Crippen LogP contribution in [0.15, 0.2) is 59.2 Å². The number of furan rings is 1. The Morgan fingerprint density at radius 1 is 1.00 bits per heavy atom. The van der Waals surface area contributed by atoms with Crippen molar-refractivity contribution in [3.8, 4) is 0 Å². The zero-order valence-electron chi connectivity index (χ0n) is 14.0. The lowest BCUT2D eigenvalue weighted by atomic mass is 10.2. The monoisotopic (exact) mass is 351 g/mol. The third kappa shape index (κ3) is 4.67. The van der Waals surface area contributed by atoms with E-state index in [1.165, 1.54) is 6.92 Å². The van der Waals surface area contributed by atoms with Crippen LogP contribution in [0.5, 0.6) is 0 Å². The number of rotatable bonds is 6. The Bertz CT molecular complexity index is 891. The van der Waals surface area contributed by atoms with E-state index in [4.69, 9.17) is 4.42 Å². The molecule has 0 aliphatic rings. The van der Waals surface area contributed by atoms with E-state index in [0.717, 1.165) is 5.76 Å². The Morgan fingerprint density at radius 3 is 2.46 bits per heavy atom. The second-order valence-corrected chi connectivity index (χ2v) is 5.45. The van der Waals surface area contributed by atoms with Gasteiger partial charge in [0.2, 0.25) is 5.91 Å². The van der Waals surface area contributed by atoms with Gasteiger partial charge in [-0.25, -0.2) is 0 Å². The predicted octanol–water partition coefficient (Wildman–Crippen LogP) is 2.89. The summed E-state index contributed by atoms with van der Waals surface area (Å²) in [5.74, 6) is 0.727. The van der Waals surface area contributed by atoms with E-state index >= 15 is 0 Å². The van der Waals surface area contributed by atoms with Crippen LogP contribution in [0, 0.1) is 0 Å². The van der Waals surface area contributed by atoms with E-state index in [9.17, 15) is 9.59 Å². The number of aromatic nitrogens is 2. The number of hydrogen-bond donors (Lipinski definition) is 3. The van der Waals surface area contributed by atoms with Crippen LogP contribution in [-0.4, -0.2) is 22.0 Å². The summed E-state index contributed by atoms with van der Waals surface area (Å²) in [4.78, 5) is 23.4. The molecule has 26 heavy (non-hydrogen) atoms. The van der Waals surface area contributed by atoms with E-state index in [2.05, 4.69) is 26.1 Å². The minimum atomic E-state index is -0.393. The molecule has 0 spiro atoms. The summed E-state index contributed by atoms with van der Waals surface area (Å²) in [6.45, 7) is 1.89. The average molecular weight is 351 g/mol. The van der Waals surface area contributed by atoms with E-state index in [1.807, 2.05) is 6.07 Å². The molecule has 2 amide bonds. The maximum atomic E-state index is 12.3. The molecule has 2 aromatic heterocycles. The van der Waals surface area contributed by atoms with Gasteiger partial charge >= 0.3 is 0 Å². The second kappa shape index (κ2) is 7.93. The van der Waals surface area contributed by atoms with E-state index < -0.39 is 5.91 Å². The van der Waals surface area contributed by atoms with E-state index in [-0.39, 0.29) is 11.6 Å². The van der Waals surface area contributed by atoms with Gasteiger partial charge in [-0.15, -0.1) is 10.2 Å². The van der Waals surface area contributed by atoms with E-state index in [1.54, 1.807) is 48.7 Å². The highest BCUT2D eigenvalue weighted by Gasteiger charge is 2.09. The Hall–Kier alpha value is -3.68. The van der Waals surface area contributed by atoms with Crippen molar-refractivity contribution in [3.63, 3.8) is 0 Å². The number of nitrogens with zero attached hydrogens (tertiary/aromatic N) is 2. The van der Waals surface area contributed by atoms with Gasteiger partial charge < -0.3 is 20.4 Å². The first-order valence-electron chi connectivity index (χ1n) is 7.89. The predicted molar refractivity (Wildman–Crippen MR) is 96.8 cm³/mol. The van der Waals surface area contributed by atoms with Gasteiger partial charge in [0.15, 0.2) is 5.69 Å².